The fourth-order valence-corrected chi connectivity index (χ4v) is 1.51. The van der Waals surface area contributed by atoms with Crippen molar-refractivity contribution in [1.82, 2.24) is 0 Å². The summed E-state index contributed by atoms with van der Waals surface area (Å²) in [6.45, 7) is 3.90. The van der Waals surface area contributed by atoms with Crippen LogP contribution in [0.3, 0.4) is 0 Å². The van der Waals surface area contributed by atoms with Gasteiger partial charge in [-0.05, 0) is 25.0 Å². The van der Waals surface area contributed by atoms with Crippen molar-refractivity contribution >= 4 is 0 Å². The summed E-state index contributed by atoms with van der Waals surface area (Å²) in [6, 6.07) is 0. The van der Waals surface area contributed by atoms with E-state index in [4.69, 9.17) is 18.9 Å². The van der Waals surface area contributed by atoms with Gasteiger partial charge in [0, 0.05) is 28.4 Å². The molecule has 0 aromatic heterocycles. The van der Waals surface area contributed by atoms with E-state index in [1.807, 2.05) is 38.2 Å². The molecule has 104 valence electrons. The molecule has 18 heavy (non-hydrogen) atoms. The predicted molar refractivity (Wildman–Crippen MR) is 72.3 cm³/mol. The number of hydrogen-bond acceptors (Lipinski definition) is 4. The summed E-state index contributed by atoms with van der Waals surface area (Å²) >= 11 is 0. The Kier molecular flexibility index (Phi) is 9.50. The Morgan fingerprint density at radius 3 is 1.17 bits per heavy atom. The van der Waals surface area contributed by atoms with Gasteiger partial charge >= 0.3 is 0 Å². The third kappa shape index (κ3) is 6.12. The van der Waals surface area contributed by atoms with Gasteiger partial charge in [-0.25, -0.2) is 0 Å². The van der Waals surface area contributed by atoms with E-state index < -0.39 is 0 Å². The van der Waals surface area contributed by atoms with Crippen LogP contribution in [-0.4, -0.2) is 41.0 Å². The molecule has 0 spiro atoms. The molecule has 0 aliphatic heterocycles. The van der Waals surface area contributed by atoms with Crippen LogP contribution in [0.2, 0.25) is 0 Å². The van der Waals surface area contributed by atoms with Crippen molar-refractivity contribution < 1.29 is 18.9 Å². The lowest BCUT2D eigenvalue weighted by Gasteiger charge is -2.13. The minimum Gasteiger partial charge on any atom is -0.352 e. The van der Waals surface area contributed by atoms with Crippen LogP contribution in [0.4, 0.5) is 0 Å². The van der Waals surface area contributed by atoms with Crippen LogP contribution in [0, 0.1) is 0 Å². The number of methoxy groups -OCH3 is 4. The summed E-state index contributed by atoms with van der Waals surface area (Å²) in [6.07, 6.45) is 7.13. The minimum absolute atomic E-state index is 0.301. The van der Waals surface area contributed by atoms with E-state index in [-0.39, 0.29) is 12.6 Å². The third-order valence-corrected chi connectivity index (χ3v) is 2.43. The molecule has 0 aromatic rings. The summed E-state index contributed by atoms with van der Waals surface area (Å²) in [5.41, 5.74) is 2.00. The van der Waals surface area contributed by atoms with Crippen LogP contribution in [0.5, 0.6) is 0 Å². The molecule has 0 amide bonds. The van der Waals surface area contributed by atoms with E-state index in [1.54, 1.807) is 28.4 Å². The van der Waals surface area contributed by atoms with E-state index in [0.29, 0.717) is 0 Å². The van der Waals surface area contributed by atoms with E-state index >= 15 is 0 Å². The number of hydrogen-bond donors (Lipinski definition) is 0. The average Bonchev–Trinajstić information content (AvgIpc) is 2.37. The van der Waals surface area contributed by atoms with Gasteiger partial charge in [-0.3, -0.25) is 0 Å². The highest BCUT2D eigenvalue weighted by atomic mass is 16.7. The molecule has 0 fully saturated rings. The highest BCUT2D eigenvalue weighted by Gasteiger charge is 2.06. The minimum atomic E-state index is -0.301. The number of rotatable bonds is 8. The normalized spacial score (nSPS) is 14.2. The molecule has 0 aliphatic rings. The Labute approximate surface area is 110 Å². The second-order valence-corrected chi connectivity index (χ2v) is 3.81. The zero-order valence-corrected chi connectivity index (χ0v) is 12.1. The van der Waals surface area contributed by atoms with Gasteiger partial charge in [0.15, 0.2) is 12.6 Å². The van der Waals surface area contributed by atoms with E-state index in [2.05, 4.69) is 0 Å². The van der Waals surface area contributed by atoms with Crippen molar-refractivity contribution in [3.05, 3.63) is 35.5 Å². The van der Waals surface area contributed by atoms with Crippen LogP contribution < -0.4 is 0 Å². The zero-order chi connectivity index (χ0) is 14.0. The summed E-state index contributed by atoms with van der Waals surface area (Å²) in [7, 11) is 6.45. The highest BCUT2D eigenvalue weighted by molar-refractivity contribution is 5.20. The quantitative estimate of drug-likeness (QED) is 0.494. The first kappa shape index (κ1) is 17.1. The molecule has 0 saturated carbocycles. The van der Waals surface area contributed by atoms with Crippen molar-refractivity contribution in [3.8, 4) is 0 Å². The second-order valence-electron chi connectivity index (χ2n) is 3.81. The SMILES string of the molecule is COC(OC)C(C)=CC=CC=C(C)C(OC)OC. The lowest BCUT2D eigenvalue weighted by atomic mass is 10.2. The van der Waals surface area contributed by atoms with Crippen molar-refractivity contribution in [2.45, 2.75) is 26.4 Å². The fraction of sp³-hybridized carbons (Fsp3) is 0.571. The molecule has 0 rings (SSSR count). The molecule has 0 heterocycles. The Bertz CT molecular complexity index is 267. The van der Waals surface area contributed by atoms with Crippen molar-refractivity contribution in [1.29, 1.82) is 0 Å². The summed E-state index contributed by atoms with van der Waals surface area (Å²) in [4.78, 5) is 0. The molecule has 0 saturated heterocycles. The number of ether oxygens (including phenoxy) is 4. The van der Waals surface area contributed by atoms with Crippen LogP contribution in [0.1, 0.15) is 13.8 Å². The number of allylic oxidation sites excluding steroid dienone is 4. The van der Waals surface area contributed by atoms with Crippen molar-refractivity contribution in [2.75, 3.05) is 28.4 Å². The summed E-state index contributed by atoms with van der Waals surface area (Å²) in [5, 5.41) is 0. The van der Waals surface area contributed by atoms with Crippen molar-refractivity contribution in [2.24, 2.45) is 0 Å². The molecule has 0 atom stereocenters. The Morgan fingerprint density at radius 2 is 0.944 bits per heavy atom. The Balaban J connectivity index is 4.48. The molecule has 4 heteroatoms. The molecule has 0 N–H and O–H groups in total. The Morgan fingerprint density at radius 1 is 0.667 bits per heavy atom. The summed E-state index contributed by atoms with van der Waals surface area (Å²) < 4.78 is 20.5. The van der Waals surface area contributed by atoms with Crippen LogP contribution in [0.15, 0.2) is 35.5 Å². The third-order valence-electron chi connectivity index (χ3n) is 2.43. The first-order valence-electron chi connectivity index (χ1n) is 5.73. The van der Waals surface area contributed by atoms with Gasteiger partial charge in [0.05, 0.1) is 0 Å². The van der Waals surface area contributed by atoms with Gasteiger partial charge in [0.2, 0.25) is 0 Å². The second kappa shape index (κ2) is 10.0. The topological polar surface area (TPSA) is 36.9 Å². The molecular weight excluding hydrogens is 232 g/mol. The van der Waals surface area contributed by atoms with Crippen LogP contribution >= 0.6 is 0 Å². The first-order chi connectivity index (χ1) is 8.60. The molecular formula is C14H24O4. The Hall–Kier alpha value is -0.940. The molecule has 0 bridgehead atoms. The van der Waals surface area contributed by atoms with E-state index in [1.165, 1.54) is 0 Å². The monoisotopic (exact) mass is 256 g/mol. The average molecular weight is 256 g/mol. The highest BCUT2D eigenvalue weighted by Crippen LogP contribution is 2.08. The van der Waals surface area contributed by atoms with Crippen molar-refractivity contribution in [3.63, 3.8) is 0 Å². The molecule has 0 radical (unpaired) electrons. The maximum atomic E-state index is 5.13. The van der Waals surface area contributed by atoms with Gasteiger partial charge in [0.1, 0.15) is 0 Å². The predicted octanol–water partition coefficient (Wildman–Crippen LogP) is 2.67. The maximum absolute atomic E-state index is 5.13. The lowest BCUT2D eigenvalue weighted by Crippen LogP contribution is -2.14. The maximum Gasteiger partial charge on any atom is 0.179 e. The zero-order valence-electron chi connectivity index (χ0n) is 12.1. The standard InChI is InChI=1S/C14H24O4/c1-11(13(15-3)16-4)9-7-8-10-12(2)14(17-5)18-6/h7-10,13-14H,1-6H3. The molecule has 0 aromatic carbocycles. The van der Waals surface area contributed by atoms with Gasteiger partial charge in [0.25, 0.3) is 0 Å². The first-order valence-corrected chi connectivity index (χ1v) is 5.73. The van der Waals surface area contributed by atoms with E-state index in [9.17, 15) is 0 Å². The largest absolute Gasteiger partial charge is 0.352 e. The molecule has 0 aliphatic carbocycles. The van der Waals surface area contributed by atoms with Crippen LogP contribution in [-0.2, 0) is 18.9 Å². The summed E-state index contributed by atoms with van der Waals surface area (Å²) in [5.74, 6) is 0. The van der Waals surface area contributed by atoms with Gasteiger partial charge < -0.3 is 18.9 Å². The molecule has 0 unspecified atom stereocenters. The smallest absolute Gasteiger partial charge is 0.179 e. The fourth-order valence-electron chi connectivity index (χ4n) is 1.51. The van der Waals surface area contributed by atoms with Gasteiger partial charge in [-0.2, -0.15) is 0 Å². The molecule has 4 nitrogen and oxygen atoms in total. The lowest BCUT2D eigenvalue weighted by molar-refractivity contribution is -0.0748. The van der Waals surface area contributed by atoms with Gasteiger partial charge in [-0.15, -0.1) is 0 Å². The van der Waals surface area contributed by atoms with Crippen LogP contribution in [0.25, 0.3) is 0 Å². The van der Waals surface area contributed by atoms with Gasteiger partial charge in [-0.1, -0.05) is 24.3 Å². The van der Waals surface area contributed by atoms with E-state index in [0.717, 1.165) is 11.1 Å².